The fourth-order valence-electron chi connectivity index (χ4n) is 2.22. The zero-order valence-electron chi connectivity index (χ0n) is 12.3. The molecule has 1 unspecified atom stereocenters. The predicted molar refractivity (Wildman–Crippen MR) is 84.3 cm³/mol. The molecule has 0 radical (unpaired) electrons. The summed E-state index contributed by atoms with van der Waals surface area (Å²) in [4.78, 5) is 4.64. The van der Waals surface area contributed by atoms with Crippen LogP contribution in [0.5, 0.6) is 11.5 Å². The number of rotatable bonds is 3. The van der Waals surface area contributed by atoms with E-state index in [0.29, 0.717) is 19.1 Å². The molecule has 5 heteroatoms. The average Bonchev–Trinajstić information content (AvgIpc) is 2.86. The lowest BCUT2D eigenvalue weighted by atomic mass is 10.1. The summed E-state index contributed by atoms with van der Waals surface area (Å²) < 4.78 is 11.4. The summed E-state index contributed by atoms with van der Waals surface area (Å²) in [6.45, 7) is 5.65. The van der Waals surface area contributed by atoms with Gasteiger partial charge in [0.25, 0.3) is 0 Å². The van der Waals surface area contributed by atoms with E-state index in [1.165, 1.54) is 0 Å². The molecule has 1 aromatic heterocycles. The van der Waals surface area contributed by atoms with E-state index < -0.39 is 0 Å². The van der Waals surface area contributed by atoms with Gasteiger partial charge in [0.1, 0.15) is 5.01 Å². The number of nitrogens with zero attached hydrogens (tertiary/aromatic N) is 1. The van der Waals surface area contributed by atoms with Gasteiger partial charge in [-0.1, -0.05) is 19.9 Å². The van der Waals surface area contributed by atoms with Crippen LogP contribution in [0.3, 0.4) is 0 Å². The van der Waals surface area contributed by atoms with Crippen molar-refractivity contribution in [3.05, 3.63) is 39.8 Å². The number of fused-ring (bicyclic) bond motifs is 1. The number of ether oxygens (including phenoxy) is 2. The van der Waals surface area contributed by atoms with Crippen molar-refractivity contribution in [2.24, 2.45) is 5.73 Å². The molecule has 2 heterocycles. The van der Waals surface area contributed by atoms with Crippen molar-refractivity contribution in [3.63, 3.8) is 0 Å². The number of hydrogen-bond acceptors (Lipinski definition) is 5. The second-order valence-corrected chi connectivity index (χ2v) is 6.39. The van der Waals surface area contributed by atoms with Crippen molar-refractivity contribution in [3.8, 4) is 11.5 Å². The molecule has 21 heavy (non-hydrogen) atoms. The molecular weight excluding hydrogens is 284 g/mol. The van der Waals surface area contributed by atoms with Gasteiger partial charge >= 0.3 is 0 Å². The standard InChI is InChI=1S/C16H20N2O2S/c1-10(2)12-9-21-16(18-12)15(17)11-4-5-13-14(8-11)20-7-3-6-19-13/h4-5,8-10,15H,3,6-7,17H2,1-2H3. The largest absolute Gasteiger partial charge is 0.490 e. The molecule has 2 aromatic rings. The van der Waals surface area contributed by atoms with Gasteiger partial charge in [-0.25, -0.2) is 4.98 Å². The van der Waals surface area contributed by atoms with Crippen molar-refractivity contribution in [1.82, 2.24) is 4.98 Å². The van der Waals surface area contributed by atoms with Gasteiger partial charge in [0.05, 0.1) is 24.9 Å². The Kier molecular flexibility index (Phi) is 4.12. The number of aromatic nitrogens is 1. The van der Waals surface area contributed by atoms with Gasteiger partial charge in [-0.15, -0.1) is 11.3 Å². The Morgan fingerprint density at radius 2 is 1.95 bits per heavy atom. The quantitative estimate of drug-likeness (QED) is 0.943. The first-order valence-electron chi connectivity index (χ1n) is 7.25. The third-order valence-electron chi connectivity index (χ3n) is 3.53. The van der Waals surface area contributed by atoms with E-state index in [1.807, 2.05) is 18.2 Å². The van der Waals surface area contributed by atoms with E-state index in [-0.39, 0.29) is 6.04 Å². The molecule has 0 amide bonds. The number of thiazole rings is 1. The van der Waals surface area contributed by atoms with Crippen molar-refractivity contribution in [2.45, 2.75) is 32.2 Å². The van der Waals surface area contributed by atoms with Crippen LogP contribution < -0.4 is 15.2 Å². The minimum atomic E-state index is -0.223. The summed E-state index contributed by atoms with van der Waals surface area (Å²) in [5, 5.41) is 3.02. The molecule has 2 N–H and O–H groups in total. The number of benzene rings is 1. The molecule has 3 rings (SSSR count). The summed E-state index contributed by atoms with van der Waals surface area (Å²) in [5.74, 6) is 2.00. The van der Waals surface area contributed by atoms with E-state index in [0.717, 1.165) is 34.2 Å². The van der Waals surface area contributed by atoms with Crippen LogP contribution in [0.1, 0.15) is 48.5 Å². The Morgan fingerprint density at radius 3 is 2.67 bits per heavy atom. The molecule has 0 bridgehead atoms. The number of hydrogen-bond donors (Lipinski definition) is 1. The summed E-state index contributed by atoms with van der Waals surface area (Å²) in [7, 11) is 0. The average molecular weight is 304 g/mol. The highest BCUT2D eigenvalue weighted by Gasteiger charge is 2.18. The SMILES string of the molecule is CC(C)c1csc(C(N)c2ccc3c(c2)OCCCO3)n1. The van der Waals surface area contributed by atoms with Crippen molar-refractivity contribution >= 4 is 11.3 Å². The van der Waals surface area contributed by atoms with E-state index in [2.05, 4.69) is 24.2 Å². The van der Waals surface area contributed by atoms with Crippen LogP contribution >= 0.6 is 11.3 Å². The fraction of sp³-hybridized carbons (Fsp3) is 0.438. The minimum absolute atomic E-state index is 0.223. The first-order chi connectivity index (χ1) is 10.1. The van der Waals surface area contributed by atoms with Crippen molar-refractivity contribution in [2.75, 3.05) is 13.2 Å². The van der Waals surface area contributed by atoms with Crippen molar-refractivity contribution in [1.29, 1.82) is 0 Å². The van der Waals surface area contributed by atoms with Gasteiger partial charge in [0.15, 0.2) is 11.5 Å². The zero-order valence-corrected chi connectivity index (χ0v) is 13.2. The van der Waals surface area contributed by atoms with Crippen LogP contribution in [0.25, 0.3) is 0 Å². The van der Waals surface area contributed by atoms with Crippen molar-refractivity contribution < 1.29 is 9.47 Å². The zero-order chi connectivity index (χ0) is 14.8. The fourth-order valence-corrected chi connectivity index (χ4v) is 3.23. The van der Waals surface area contributed by atoms with Crippen LogP contribution in [0, 0.1) is 0 Å². The van der Waals surface area contributed by atoms with Crippen LogP contribution in [0.15, 0.2) is 23.6 Å². The van der Waals surface area contributed by atoms with Gasteiger partial charge < -0.3 is 15.2 Å². The molecule has 1 aliphatic heterocycles. The van der Waals surface area contributed by atoms with E-state index >= 15 is 0 Å². The Hall–Kier alpha value is -1.59. The Labute approximate surface area is 128 Å². The van der Waals surface area contributed by atoms with Gasteiger partial charge in [-0.05, 0) is 23.6 Å². The molecule has 1 aromatic carbocycles. The first-order valence-corrected chi connectivity index (χ1v) is 8.13. The van der Waals surface area contributed by atoms with Crippen LogP contribution in [-0.2, 0) is 0 Å². The smallest absolute Gasteiger partial charge is 0.161 e. The molecule has 0 aliphatic carbocycles. The third-order valence-corrected chi connectivity index (χ3v) is 4.47. The highest BCUT2D eigenvalue weighted by Crippen LogP contribution is 2.34. The predicted octanol–water partition coefficient (Wildman–Crippen LogP) is 3.48. The second kappa shape index (κ2) is 6.03. The molecule has 0 spiro atoms. The minimum Gasteiger partial charge on any atom is -0.490 e. The summed E-state index contributed by atoms with van der Waals surface area (Å²) in [5.41, 5.74) is 8.45. The monoisotopic (exact) mass is 304 g/mol. The Balaban J connectivity index is 1.86. The molecule has 0 saturated carbocycles. The maximum Gasteiger partial charge on any atom is 0.161 e. The van der Waals surface area contributed by atoms with E-state index in [4.69, 9.17) is 15.2 Å². The van der Waals surface area contributed by atoms with Crippen LogP contribution in [0.2, 0.25) is 0 Å². The summed E-state index contributed by atoms with van der Waals surface area (Å²) >= 11 is 1.61. The number of nitrogens with two attached hydrogens (primary N) is 1. The van der Waals surface area contributed by atoms with Gasteiger partial charge in [0.2, 0.25) is 0 Å². The van der Waals surface area contributed by atoms with E-state index in [1.54, 1.807) is 11.3 Å². The Morgan fingerprint density at radius 1 is 1.19 bits per heavy atom. The van der Waals surface area contributed by atoms with Gasteiger partial charge in [0, 0.05) is 11.8 Å². The summed E-state index contributed by atoms with van der Waals surface area (Å²) in [6, 6.07) is 5.68. The summed E-state index contributed by atoms with van der Waals surface area (Å²) in [6.07, 6.45) is 0.903. The maximum atomic E-state index is 6.35. The van der Waals surface area contributed by atoms with E-state index in [9.17, 15) is 0 Å². The highest BCUT2D eigenvalue weighted by atomic mass is 32.1. The molecule has 0 fully saturated rings. The molecular formula is C16H20N2O2S. The second-order valence-electron chi connectivity index (χ2n) is 5.50. The topological polar surface area (TPSA) is 57.4 Å². The lowest BCUT2D eigenvalue weighted by Gasteiger charge is -2.13. The molecule has 112 valence electrons. The van der Waals surface area contributed by atoms with Gasteiger partial charge in [-0.2, -0.15) is 0 Å². The van der Waals surface area contributed by atoms with Gasteiger partial charge in [-0.3, -0.25) is 0 Å². The third kappa shape index (κ3) is 3.04. The maximum absolute atomic E-state index is 6.35. The molecule has 4 nitrogen and oxygen atoms in total. The molecule has 1 atom stereocenters. The lowest BCUT2D eigenvalue weighted by molar-refractivity contribution is 0.297. The normalized spacial score (nSPS) is 15.8. The molecule has 0 saturated heterocycles. The first kappa shape index (κ1) is 14.4. The molecule has 1 aliphatic rings. The van der Waals surface area contributed by atoms with Crippen LogP contribution in [0.4, 0.5) is 0 Å². The Bertz CT molecular complexity index is 624. The van der Waals surface area contributed by atoms with Crippen LogP contribution in [-0.4, -0.2) is 18.2 Å². The highest BCUT2D eigenvalue weighted by molar-refractivity contribution is 7.09. The lowest BCUT2D eigenvalue weighted by Crippen LogP contribution is -2.12.